The maximum absolute atomic E-state index is 12.7. The number of piperidine rings is 1. The molecule has 3 heteroatoms. The Morgan fingerprint density at radius 1 is 1.26 bits per heavy atom. The van der Waals surface area contributed by atoms with Crippen molar-refractivity contribution in [3.05, 3.63) is 35.4 Å². The van der Waals surface area contributed by atoms with E-state index < -0.39 is 0 Å². The number of carbonyl (C=O) groups is 1. The summed E-state index contributed by atoms with van der Waals surface area (Å²) in [5, 5.41) is 0. The van der Waals surface area contributed by atoms with Crippen LogP contribution < -0.4 is 0 Å². The summed E-state index contributed by atoms with van der Waals surface area (Å²) in [5.74, 6) is 1.81. The van der Waals surface area contributed by atoms with E-state index in [9.17, 15) is 4.79 Å². The third-order valence-electron chi connectivity index (χ3n) is 5.50. The van der Waals surface area contributed by atoms with Crippen LogP contribution in [0.1, 0.15) is 49.7 Å². The van der Waals surface area contributed by atoms with Crippen molar-refractivity contribution in [1.82, 2.24) is 4.90 Å². The number of hydrogen-bond acceptors (Lipinski definition) is 2. The minimum atomic E-state index is 0.232. The first-order valence-electron chi connectivity index (χ1n) is 9.12. The highest BCUT2D eigenvalue weighted by atomic mass is 16.5. The number of hydrogen-bond donors (Lipinski definition) is 0. The molecule has 0 unspecified atom stereocenters. The van der Waals surface area contributed by atoms with Gasteiger partial charge in [0.2, 0.25) is 5.91 Å². The fraction of sp³-hybridized carbons (Fsp3) is 0.650. The van der Waals surface area contributed by atoms with Crippen LogP contribution in [0.15, 0.2) is 24.3 Å². The molecule has 1 aromatic rings. The number of benzene rings is 1. The Morgan fingerprint density at radius 3 is 2.70 bits per heavy atom. The summed E-state index contributed by atoms with van der Waals surface area (Å²) >= 11 is 0. The summed E-state index contributed by atoms with van der Waals surface area (Å²) in [4.78, 5) is 14.8. The van der Waals surface area contributed by atoms with Gasteiger partial charge in [0.1, 0.15) is 0 Å². The van der Waals surface area contributed by atoms with E-state index in [1.54, 1.807) is 0 Å². The lowest BCUT2D eigenvalue weighted by Gasteiger charge is -2.32. The lowest BCUT2D eigenvalue weighted by Crippen LogP contribution is -2.39. The number of carbonyl (C=O) groups excluding carboxylic acids is 1. The molecule has 1 heterocycles. The molecule has 23 heavy (non-hydrogen) atoms. The van der Waals surface area contributed by atoms with Crippen LogP contribution in [0.3, 0.4) is 0 Å². The molecule has 2 aliphatic rings. The van der Waals surface area contributed by atoms with Crippen molar-refractivity contribution in [2.75, 3.05) is 26.3 Å². The van der Waals surface area contributed by atoms with Crippen LogP contribution in [0.5, 0.6) is 0 Å². The van der Waals surface area contributed by atoms with Gasteiger partial charge in [-0.2, -0.15) is 0 Å². The Balaban J connectivity index is 1.47. The molecule has 126 valence electrons. The minimum absolute atomic E-state index is 0.232. The molecule has 1 amide bonds. The highest BCUT2D eigenvalue weighted by Gasteiger charge is 2.46. The Bertz CT molecular complexity index is 534. The molecule has 1 aliphatic heterocycles. The van der Waals surface area contributed by atoms with Crippen molar-refractivity contribution in [1.29, 1.82) is 0 Å². The number of amides is 1. The molecule has 2 fully saturated rings. The lowest BCUT2D eigenvalue weighted by molar-refractivity contribution is -0.134. The van der Waals surface area contributed by atoms with Gasteiger partial charge < -0.3 is 9.64 Å². The predicted molar refractivity (Wildman–Crippen MR) is 92.4 cm³/mol. The van der Waals surface area contributed by atoms with E-state index in [1.807, 2.05) is 6.92 Å². The zero-order valence-corrected chi connectivity index (χ0v) is 14.5. The predicted octanol–water partition coefficient (Wildman–Crippen LogP) is 3.76. The number of ether oxygens (including phenoxy) is 1. The van der Waals surface area contributed by atoms with Crippen LogP contribution in [0.4, 0.5) is 0 Å². The van der Waals surface area contributed by atoms with Crippen LogP contribution in [-0.4, -0.2) is 37.1 Å². The van der Waals surface area contributed by atoms with Gasteiger partial charge in [0.05, 0.1) is 0 Å². The SMILES string of the molecule is CCOCCC1CCN(C(=O)[C@H]2C[C@@H]2c2ccccc2C)CC1. The van der Waals surface area contributed by atoms with Crippen molar-refractivity contribution in [2.45, 2.75) is 45.4 Å². The van der Waals surface area contributed by atoms with Crippen LogP contribution >= 0.6 is 0 Å². The molecule has 1 aliphatic carbocycles. The Morgan fingerprint density at radius 2 is 2.00 bits per heavy atom. The van der Waals surface area contributed by atoms with E-state index >= 15 is 0 Å². The average molecular weight is 315 g/mol. The van der Waals surface area contributed by atoms with Gasteiger partial charge in [0.25, 0.3) is 0 Å². The summed E-state index contributed by atoms with van der Waals surface area (Å²) in [6.45, 7) is 7.74. The Labute approximate surface area is 140 Å². The van der Waals surface area contributed by atoms with Gasteiger partial charge in [-0.25, -0.2) is 0 Å². The van der Waals surface area contributed by atoms with Crippen molar-refractivity contribution in [3.63, 3.8) is 0 Å². The first kappa shape index (κ1) is 16.5. The lowest BCUT2D eigenvalue weighted by atomic mass is 9.93. The van der Waals surface area contributed by atoms with E-state index in [0.717, 1.165) is 57.9 Å². The average Bonchev–Trinajstić information content (AvgIpc) is 3.36. The maximum Gasteiger partial charge on any atom is 0.226 e. The fourth-order valence-corrected chi connectivity index (χ4v) is 3.89. The zero-order chi connectivity index (χ0) is 16.2. The van der Waals surface area contributed by atoms with Crippen LogP contribution in [-0.2, 0) is 9.53 Å². The van der Waals surface area contributed by atoms with Gasteiger partial charge in [-0.15, -0.1) is 0 Å². The minimum Gasteiger partial charge on any atom is -0.382 e. The van der Waals surface area contributed by atoms with Gasteiger partial charge in [-0.1, -0.05) is 24.3 Å². The monoisotopic (exact) mass is 315 g/mol. The van der Waals surface area contributed by atoms with Crippen molar-refractivity contribution in [3.8, 4) is 0 Å². The summed E-state index contributed by atoms with van der Waals surface area (Å²) in [6, 6.07) is 8.50. The Hall–Kier alpha value is -1.35. The fourth-order valence-electron chi connectivity index (χ4n) is 3.89. The van der Waals surface area contributed by atoms with Crippen LogP contribution in [0, 0.1) is 18.8 Å². The number of aryl methyl sites for hydroxylation is 1. The molecule has 3 nitrogen and oxygen atoms in total. The highest BCUT2D eigenvalue weighted by molar-refractivity contribution is 5.83. The second-order valence-electron chi connectivity index (χ2n) is 7.06. The summed E-state index contributed by atoms with van der Waals surface area (Å²) in [7, 11) is 0. The van der Waals surface area contributed by atoms with Gasteiger partial charge in [-0.3, -0.25) is 4.79 Å². The normalized spacial score (nSPS) is 24.7. The third kappa shape index (κ3) is 3.95. The highest BCUT2D eigenvalue weighted by Crippen LogP contribution is 2.49. The van der Waals surface area contributed by atoms with Crippen molar-refractivity contribution in [2.24, 2.45) is 11.8 Å². The topological polar surface area (TPSA) is 29.5 Å². The molecule has 2 atom stereocenters. The Kier molecular flexibility index (Phi) is 5.37. The number of rotatable bonds is 6. The molecule has 0 spiro atoms. The van der Waals surface area contributed by atoms with Crippen molar-refractivity contribution < 1.29 is 9.53 Å². The van der Waals surface area contributed by atoms with Gasteiger partial charge in [0, 0.05) is 32.2 Å². The first-order chi connectivity index (χ1) is 11.2. The van der Waals surface area contributed by atoms with Gasteiger partial charge >= 0.3 is 0 Å². The molecule has 1 aromatic carbocycles. The van der Waals surface area contributed by atoms with Gasteiger partial charge in [0.15, 0.2) is 0 Å². The molecule has 0 aromatic heterocycles. The van der Waals surface area contributed by atoms with Crippen LogP contribution in [0.25, 0.3) is 0 Å². The van der Waals surface area contributed by atoms with E-state index in [1.165, 1.54) is 11.1 Å². The summed E-state index contributed by atoms with van der Waals surface area (Å²) in [6.07, 6.45) is 4.46. The molecule has 0 bridgehead atoms. The molecular formula is C20H29NO2. The number of likely N-dealkylation sites (tertiary alicyclic amines) is 1. The van der Waals surface area contributed by atoms with Gasteiger partial charge in [-0.05, 0) is 62.5 Å². The van der Waals surface area contributed by atoms with Crippen molar-refractivity contribution >= 4 is 5.91 Å². The zero-order valence-electron chi connectivity index (χ0n) is 14.5. The second kappa shape index (κ2) is 7.48. The molecule has 1 saturated carbocycles. The quantitative estimate of drug-likeness (QED) is 0.748. The third-order valence-corrected chi connectivity index (χ3v) is 5.50. The first-order valence-corrected chi connectivity index (χ1v) is 9.12. The largest absolute Gasteiger partial charge is 0.382 e. The molecular weight excluding hydrogens is 286 g/mol. The van der Waals surface area contributed by atoms with E-state index in [4.69, 9.17) is 4.74 Å². The summed E-state index contributed by atoms with van der Waals surface area (Å²) in [5.41, 5.74) is 2.69. The van der Waals surface area contributed by atoms with E-state index in [2.05, 4.69) is 36.1 Å². The molecule has 0 radical (unpaired) electrons. The second-order valence-corrected chi connectivity index (χ2v) is 7.06. The smallest absolute Gasteiger partial charge is 0.226 e. The van der Waals surface area contributed by atoms with E-state index in [0.29, 0.717) is 11.8 Å². The van der Waals surface area contributed by atoms with Crippen LogP contribution in [0.2, 0.25) is 0 Å². The molecule has 1 saturated heterocycles. The van der Waals surface area contributed by atoms with E-state index in [-0.39, 0.29) is 5.92 Å². The maximum atomic E-state index is 12.7. The number of nitrogens with zero attached hydrogens (tertiary/aromatic N) is 1. The molecule has 0 N–H and O–H groups in total. The summed E-state index contributed by atoms with van der Waals surface area (Å²) < 4.78 is 5.45. The standard InChI is InChI=1S/C20H29NO2/c1-3-23-13-10-16-8-11-21(12-9-16)20(22)19-14-18(19)17-7-5-4-6-15(17)2/h4-7,16,18-19H,3,8-14H2,1-2H3/t18-,19+/m1/s1. The molecule has 3 rings (SSSR count).